The number of hydrogen-bond acceptors (Lipinski definition) is 4. The fourth-order valence-electron chi connectivity index (χ4n) is 4.19. The number of nitrogens with one attached hydrogen (secondary N) is 2. The molecule has 2 aromatic carbocycles. The predicted octanol–water partition coefficient (Wildman–Crippen LogP) is 2.94. The van der Waals surface area contributed by atoms with Crippen LogP contribution >= 0.6 is 0 Å². The normalized spacial score (nSPS) is 15.0. The summed E-state index contributed by atoms with van der Waals surface area (Å²) >= 11 is 0. The lowest BCUT2D eigenvalue weighted by molar-refractivity contribution is -0.124. The van der Waals surface area contributed by atoms with Crippen LogP contribution in [0.1, 0.15) is 45.5 Å². The van der Waals surface area contributed by atoms with Crippen molar-refractivity contribution in [2.45, 2.75) is 32.2 Å². The quantitative estimate of drug-likeness (QED) is 0.553. The zero-order valence-corrected chi connectivity index (χ0v) is 19.7. The number of nitrogens with zero attached hydrogens (tertiary/aromatic N) is 1. The number of benzene rings is 2. The van der Waals surface area contributed by atoms with Gasteiger partial charge in [-0.25, -0.2) is 4.39 Å². The molecule has 1 saturated heterocycles. The van der Waals surface area contributed by atoms with Gasteiger partial charge in [0, 0.05) is 38.9 Å². The van der Waals surface area contributed by atoms with Crippen LogP contribution < -0.4 is 10.6 Å². The lowest BCUT2D eigenvalue weighted by Gasteiger charge is -2.36. The van der Waals surface area contributed by atoms with Gasteiger partial charge in [0.2, 0.25) is 5.91 Å². The molecule has 0 aromatic heterocycles. The first-order valence-electron chi connectivity index (χ1n) is 11.6. The summed E-state index contributed by atoms with van der Waals surface area (Å²) in [5.74, 6) is -1.63. The van der Waals surface area contributed by atoms with E-state index in [9.17, 15) is 18.8 Å². The van der Waals surface area contributed by atoms with Crippen LogP contribution in [-0.2, 0) is 9.53 Å². The summed E-state index contributed by atoms with van der Waals surface area (Å²) in [5.41, 5.74) is 1.48. The summed E-state index contributed by atoms with van der Waals surface area (Å²) in [6.07, 6.45) is 1.70. The number of hydrogen-bond donors (Lipinski definition) is 2. The SMILES string of the molecule is COCCCNC(=O)C(NC(=O)c1cccc(C)c1)C1CCN(C(=O)c2ccccc2F)CC1. The molecule has 0 saturated carbocycles. The molecule has 1 fully saturated rings. The molecule has 182 valence electrons. The van der Waals surface area contributed by atoms with Crippen LogP contribution in [0, 0.1) is 18.7 Å². The molecule has 2 aromatic rings. The second-order valence-electron chi connectivity index (χ2n) is 8.57. The average molecular weight is 470 g/mol. The maximum Gasteiger partial charge on any atom is 0.256 e. The van der Waals surface area contributed by atoms with Crippen LogP contribution in [0.3, 0.4) is 0 Å². The third-order valence-corrected chi connectivity index (χ3v) is 6.08. The van der Waals surface area contributed by atoms with E-state index in [2.05, 4.69) is 10.6 Å². The zero-order valence-electron chi connectivity index (χ0n) is 19.7. The van der Waals surface area contributed by atoms with Gasteiger partial charge in [-0.3, -0.25) is 14.4 Å². The first kappa shape index (κ1) is 25.4. The number of rotatable bonds is 9. The number of aryl methyl sites for hydroxylation is 1. The van der Waals surface area contributed by atoms with Gasteiger partial charge < -0.3 is 20.3 Å². The number of carbonyl (C=O) groups is 3. The number of halogens is 1. The fraction of sp³-hybridized carbons (Fsp3) is 0.423. The van der Waals surface area contributed by atoms with Crippen molar-refractivity contribution in [2.75, 3.05) is 33.4 Å². The van der Waals surface area contributed by atoms with Crippen molar-refractivity contribution in [1.82, 2.24) is 15.5 Å². The molecular weight excluding hydrogens is 437 g/mol. The predicted molar refractivity (Wildman–Crippen MR) is 127 cm³/mol. The molecule has 1 atom stereocenters. The van der Waals surface area contributed by atoms with E-state index in [1.165, 1.54) is 12.1 Å². The maximum atomic E-state index is 14.1. The molecule has 3 rings (SSSR count). The molecule has 0 spiro atoms. The lowest BCUT2D eigenvalue weighted by atomic mass is 9.88. The first-order valence-corrected chi connectivity index (χ1v) is 11.6. The van der Waals surface area contributed by atoms with Crippen LogP contribution in [0.4, 0.5) is 4.39 Å². The number of ether oxygens (including phenoxy) is 1. The van der Waals surface area contributed by atoms with Crippen molar-refractivity contribution in [3.8, 4) is 0 Å². The Morgan fingerprint density at radius 2 is 1.85 bits per heavy atom. The van der Waals surface area contributed by atoms with Crippen molar-refractivity contribution < 1.29 is 23.5 Å². The van der Waals surface area contributed by atoms with Gasteiger partial charge in [-0.1, -0.05) is 29.8 Å². The molecule has 0 bridgehead atoms. The minimum atomic E-state index is -0.735. The smallest absolute Gasteiger partial charge is 0.256 e. The zero-order chi connectivity index (χ0) is 24.5. The average Bonchev–Trinajstić information content (AvgIpc) is 2.85. The highest BCUT2D eigenvalue weighted by Crippen LogP contribution is 2.23. The highest BCUT2D eigenvalue weighted by atomic mass is 19.1. The van der Waals surface area contributed by atoms with E-state index in [0.717, 1.165) is 5.56 Å². The Kier molecular flexibility index (Phi) is 9.16. The van der Waals surface area contributed by atoms with E-state index < -0.39 is 11.9 Å². The maximum absolute atomic E-state index is 14.1. The topological polar surface area (TPSA) is 87.7 Å². The van der Waals surface area contributed by atoms with Gasteiger partial charge in [0.15, 0.2) is 0 Å². The van der Waals surface area contributed by atoms with E-state index in [-0.39, 0.29) is 29.2 Å². The van der Waals surface area contributed by atoms with Crippen LogP contribution in [0.15, 0.2) is 48.5 Å². The Morgan fingerprint density at radius 1 is 1.12 bits per heavy atom. The van der Waals surface area contributed by atoms with Crippen molar-refractivity contribution in [2.24, 2.45) is 5.92 Å². The van der Waals surface area contributed by atoms with E-state index >= 15 is 0 Å². The summed E-state index contributed by atoms with van der Waals surface area (Å²) in [6, 6.07) is 12.4. The van der Waals surface area contributed by atoms with E-state index in [0.29, 0.717) is 51.1 Å². The van der Waals surface area contributed by atoms with Crippen molar-refractivity contribution in [3.63, 3.8) is 0 Å². The third kappa shape index (κ3) is 6.63. The minimum Gasteiger partial charge on any atom is -0.385 e. The molecular formula is C26H32FN3O4. The highest BCUT2D eigenvalue weighted by Gasteiger charge is 2.34. The Bertz CT molecular complexity index is 1010. The molecule has 0 aliphatic carbocycles. The van der Waals surface area contributed by atoms with Crippen LogP contribution in [0.2, 0.25) is 0 Å². The number of amides is 3. The van der Waals surface area contributed by atoms with Gasteiger partial charge in [0.1, 0.15) is 11.9 Å². The molecule has 7 nitrogen and oxygen atoms in total. The van der Waals surface area contributed by atoms with Gasteiger partial charge in [-0.05, 0) is 56.4 Å². The standard InChI is InChI=1S/C26H32FN3O4/c1-18-7-5-8-20(17-18)24(31)29-23(25(32)28-13-6-16-34-2)19-11-14-30(15-12-19)26(33)21-9-3-4-10-22(21)27/h3-5,7-10,17,19,23H,6,11-16H2,1-2H3,(H,28,32)(H,29,31). The summed E-state index contributed by atoms with van der Waals surface area (Å²) < 4.78 is 19.1. The van der Waals surface area contributed by atoms with Gasteiger partial charge in [-0.2, -0.15) is 0 Å². The largest absolute Gasteiger partial charge is 0.385 e. The van der Waals surface area contributed by atoms with Crippen LogP contribution in [0.5, 0.6) is 0 Å². The summed E-state index contributed by atoms with van der Waals surface area (Å²) in [6.45, 7) is 3.63. The fourth-order valence-corrected chi connectivity index (χ4v) is 4.19. The van der Waals surface area contributed by atoms with Gasteiger partial charge in [0.05, 0.1) is 5.56 Å². The number of piperidine rings is 1. The van der Waals surface area contributed by atoms with Crippen LogP contribution in [0.25, 0.3) is 0 Å². The molecule has 2 N–H and O–H groups in total. The van der Waals surface area contributed by atoms with Gasteiger partial charge >= 0.3 is 0 Å². The summed E-state index contributed by atoms with van der Waals surface area (Å²) in [5, 5.41) is 5.80. The van der Waals surface area contributed by atoms with E-state index in [4.69, 9.17) is 4.74 Å². The Labute approximate surface area is 199 Å². The van der Waals surface area contributed by atoms with Gasteiger partial charge in [-0.15, -0.1) is 0 Å². The monoisotopic (exact) mass is 469 g/mol. The lowest BCUT2D eigenvalue weighted by Crippen LogP contribution is -2.54. The molecule has 1 aliphatic rings. The summed E-state index contributed by atoms with van der Waals surface area (Å²) in [7, 11) is 1.60. The van der Waals surface area contributed by atoms with Crippen molar-refractivity contribution in [1.29, 1.82) is 0 Å². The molecule has 3 amide bonds. The van der Waals surface area contributed by atoms with E-state index in [1.54, 1.807) is 42.3 Å². The van der Waals surface area contributed by atoms with Gasteiger partial charge in [0.25, 0.3) is 11.8 Å². The molecule has 0 radical (unpaired) electrons. The number of carbonyl (C=O) groups excluding carboxylic acids is 3. The molecule has 1 heterocycles. The second kappa shape index (κ2) is 12.3. The number of likely N-dealkylation sites (tertiary alicyclic amines) is 1. The van der Waals surface area contributed by atoms with Crippen molar-refractivity contribution in [3.05, 3.63) is 71.0 Å². The highest BCUT2D eigenvalue weighted by molar-refractivity contribution is 5.98. The first-order chi connectivity index (χ1) is 16.4. The molecule has 8 heteroatoms. The third-order valence-electron chi connectivity index (χ3n) is 6.08. The Morgan fingerprint density at radius 3 is 2.53 bits per heavy atom. The number of methoxy groups -OCH3 is 1. The summed E-state index contributed by atoms with van der Waals surface area (Å²) in [4.78, 5) is 40.3. The molecule has 34 heavy (non-hydrogen) atoms. The molecule has 1 unspecified atom stereocenters. The second-order valence-corrected chi connectivity index (χ2v) is 8.57. The Hall–Kier alpha value is -3.26. The molecule has 1 aliphatic heterocycles. The van der Waals surface area contributed by atoms with E-state index in [1.807, 2.05) is 13.0 Å². The minimum absolute atomic E-state index is 0.0427. The van der Waals surface area contributed by atoms with Crippen LogP contribution in [-0.4, -0.2) is 62.0 Å². The Balaban J connectivity index is 1.68. The van der Waals surface area contributed by atoms with Crippen molar-refractivity contribution >= 4 is 17.7 Å².